The van der Waals surface area contributed by atoms with Gasteiger partial charge in [0, 0.05) is 6.21 Å². The Morgan fingerprint density at radius 1 is 1.86 bits per heavy atom. The van der Waals surface area contributed by atoms with Crippen LogP contribution in [0.2, 0.25) is 0 Å². The van der Waals surface area contributed by atoms with Crippen molar-refractivity contribution in [1.29, 1.82) is 0 Å². The smallest absolute Gasteiger partial charge is 0.244 e. The van der Waals surface area contributed by atoms with Crippen LogP contribution in [0.4, 0.5) is 4.79 Å². The summed E-state index contributed by atoms with van der Waals surface area (Å²) in [6, 6.07) is -0.539. The lowest BCUT2D eigenvalue weighted by atomic mass is 10.9. The molecule has 0 aliphatic rings. The van der Waals surface area contributed by atoms with Crippen molar-refractivity contribution in [3.05, 3.63) is 0 Å². The second-order valence-electron chi connectivity index (χ2n) is 0.828. The Balaban J connectivity index is 3.58. The van der Waals surface area contributed by atoms with Gasteiger partial charge in [-0.1, -0.05) is 0 Å². The number of hydrogen-bond acceptors (Lipinski definition) is 1. The van der Waals surface area contributed by atoms with Gasteiger partial charge in [0.2, 0.25) is 0 Å². The molecule has 0 saturated heterocycles. The Hall–Kier alpha value is -0.990. The maximum Gasteiger partial charge on any atom is 0.366 e. The van der Waals surface area contributed by atoms with E-state index >= 15 is 0 Å². The first kappa shape index (κ1) is 6.01. The van der Waals surface area contributed by atoms with Crippen molar-refractivity contribution < 1.29 is 4.79 Å². The van der Waals surface area contributed by atoms with E-state index in [4.69, 9.17) is 0 Å². The van der Waals surface area contributed by atoms with E-state index in [0.29, 0.717) is 0 Å². The summed E-state index contributed by atoms with van der Waals surface area (Å²) in [6.07, 6.45) is 1.37. The summed E-state index contributed by atoms with van der Waals surface area (Å²) >= 11 is 0. The zero-order valence-corrected chi connectivity index (χ0v) is 4.09. The quantitative estimate of drug-likeness (QED) is 0.415. The van der Waals surface area contributed by atoms with Crippen molar-refractivity contribution >= 4 is 19.0 Å². The molecule has 3 heteroatoms. The molecule has 38 valence electrons. The molecule has 0 bridgehead atoms. The molecule has 0 rings (SSSR count). The standard InChI is InChI=1S/C4H6N2O/c1-3-6-4(7)5-2/h3H,2H2,1H3/b6-3+. The fourth-order valence-electron chi connectivity index (χ4n) is 0.151. The molecule has 0 aromatic carbocycles. The maximum atomic E-state index is 9.98. The summed E-state index contributed by atoms with van der Waals surface area (Å²) in [4.78, 5) is 16.2. The number of amides is 2. The van der Waals surface area contributed by atoms with Crippen LogP contribution >= 0.6 is 0 Å². The van der Waals surface area contributed by atoms with Crippen molar-refractivity contribution in [1.82, 2.24) is 0 Å². The van der Waals surface area contributed by atoms with Crippen molar-refractivity contribution in [3.63, 3.8) is 0 Å². The largest absolute Gasteiger partial charge is 0.366 e. The van der Waals surface area contributed by atoms with Crippen LogP contribution in [-0.2, 0) is 0 Å². The predicted octanol–water partition coefficient (Wildman–Crippen LogP) is 0.898. The molecule has 0 unspecified atom stereocenters. The van der Waals surface area contributed by atoms with Gasteiger partial charge in [-0.2, -0.15) is 0 Å². The van der Waals surface area contributed by atoms with Crippen LogP contribution in [0.3, 0.4) is 0 Å². The van der Waals surface area contributed by atoms with E-state index < -0.39 is 6.03 Å². The Morgan fingerprint density at radius 3 is 2.57 bits per heavy atom. The van der Waals surface area contributed by atoms with Crippen LogP contribution in [0.25, 0.3) is 0 Å². The van der Waals surface area contributed by atoms with Crippen LogP contribution < -0.4 is 0 Å². The zero-order valence-electron chi connectivity index (χ0n) is 4.09. The van der Waals surface area contributed by atoms with Gasteiger partial charge in [0.25, 0.3) is 0 Å². The third-order valence-electron chi connectivity index (χ3n) is 0.375. The van der Waals surface area contributed by atoms with Crippen LogP contribution in [0.5, 0.6) is 0 Å². The summed E-state index contributed by atoms with van der Waals surface area (Å²) in [7, 11) is 0. The Morgan fingerprint density at radius 2 is 2.43 bits per heavy atom. The average molecular weight is 98.1 g/mol. The Kier molecular flexibility index (Phi) is 2.76. The fourth-order valence-corrected chi connectivity index (χ4v) is 0.151. The monoisotopic (exact) mass is 98.0 g/mol. The highest BCUT2D eigenvalue weighted by molar-refractivity contribution is 5.85. The summed E-state index contributed by atoms with van der Waals surface area (Å²) in [5.74, 6) is 0. The number of nitrogens with zero attached hydrogens (tertiary/aromatic N) is 2. The van der Waals surface area contributed by atoms with Gasteiger partial charge in [-0.05, 0) is 13.6 Å². The molecule has 0 aromatic heterocycles. The van der Waals surface area contributed by atoms with Gasteiger partial charge in [-0.25, -0.2) is 14.8 Å². The number of carbonyl (C=O) groups is 1. The summed E-state index contributed by atoms with van der Waals surface area (Å²) in [5.41, 5.74) is 0. The molecular formula is C4H6N2O. The maximum absolute atomic E-state index is 9.98. The zero-order chi connectivity index (χ0) is 5.70. The van der Waals surface area contributed by atoms with Crippen LogP contribution in [0.1, 0.15) is 6.92 Å². The molecule has 0 fully saturated rings. The molecule has 0 aliphatic heterocycles. The number of rotatable bonds is 0. The molecule has 0 atom stereocenters. The minimum atomic E-state index is -0.539. The molecule has 0 N–H and O–H groups in total. The lowest BCUT2D eigenvalue weighted by molar-refractivity contribution is 0.257. The van der Waals surface area contributed by atoms with Crippen molar-refractivity contribution in [2.75, 3.05) is 0 Å². The number of urea groups is 1. The Bertz CT molecular complexity index is 106. The normalized spacial score (nSPS) is 9.29. The van der Waals surface area contributed by atoms with E-state index in [1.54, 1.807) is 6.92 Å². The molecule has 7 heavy (non-hydrogen) atoms. The first-order chi connectivity index (χ1) is 3.31. The van der Waals surface area contributed by atoms with Gasteiger partial charge < -0.3 is 0 Å². The topological polar surface area (TPSA) is 41.8 Å². The first-order valence-corrected chi connectivity index (χ1v) is 1.80. The second-order valence-corrected chi connectivity index (χ2v) is 0.828. The van der Waals surface area contributed by atoms with Gasteiger partial charge in [0.1, 0.15) is 0 Å². The van der Waals surface area contributed by atoms with E-state index in [1.165, 1.54) is 6.21 Å². The highest BCUT2D eigenvalue weighted by atomic mass is 16.2. The van der Waals surface area contributed by atoms with Gasteiger partial charge in [0.05, 0.1) is 0 Å². The third-order valence-corrected chi connectivity index (χ3v) is 0.375. The summed E-state index contributed by atoms with van der Waals surface area (Å²) < 4.78 is 0. The first-order valence-electron chi connectivity index (χ1n) is 1.80. The summed E-state index contributed by atoms with van der Waals surface area (Å²) in [5, 5.41) is 0. The molecule has 0 aliphatic carbocycles. The predicted molar refractivity (Wildman–Crippen MR) is 29.1 cm³/mol. The van der Waals surface area contributed by atoms with Gasteiger partial charge in [-0.3, -0.25) is 0 Å². The van der Waals surface area contributed by atoms with Crippen molar-refractivity contribution in [2.24, 2.45) is 9.98 Å². The second kappa shape index (κ2) is 3.21. The average Bonchev–Trinajstić information content (AvgIpc) is 1.68. The molecule has 0 radical (unpaired) electrons. The van der Waals surface area contributed by atoms with E-state index in [2.05, 4.69) is 16.7 Å². The lowest BCUT2D eigenvalue weighted by Gasteiger charge is -1.72. The Labute approximate surface area is 41.8 Å². The highest BCUT2D eigenvalue weighted by Crippen LogP contribution is 1.74. The minimum absolute atomic E-state index is 0.539. The fraction of sp³-hybridized carbons (Fsp3) is 0.250. The lowest BCUT2D eigenvalue weighted by Crippen LogP contribution is -1.79. The minimum Gasteiger partial charge on any atom is -0.244 e. The molecule has 2 amide bonds. The van der Waals surface area contributed by atoms with Crippen molar-refractivity contribution in [3.8, 4) is 0 Å². The van der Waals surface area contributed by atoms with Crippen LogP contribution in [0, 0.1) is 0 Å². The third kappa shape index (κ3) is 2.82. The van der Waals surface area contributed by atoms with Gasteiger partial charge >= 0.3 is 6.03 Å². The highest BCUT2D eigenvalue weighted by Gasteiger charge is 1.81. The molecule has 0 saturated carbocycles. The molecule has 3 nitrogen and oxygen atoms in total. The molecule has 0 aromatic rings. The van der Waals surface area contributed by atoms with Crippen molar-refractivity contribution in [2.45, 2.75) is 6.92 Å². The van der Waals surface area contributed by atoms with E-state index in [0.717, 1.165) is 0 Å². The number of carbonyl (C=O) groups excluding carboxylic acids is 1. The SMILES string of the molecule is C=NC(=O)/N=C/C. The number of aliphatic imine (C=N–C) groups is 2. The van der Waals surface area contributed by atoms with E-state index in [-0.39, 0.29) is 0 Å². The molecule has 0 spiro atoms. The number of hydrogen-bond donors (Lipinski definition) is 0. The molecular weight excluding hydrogens is 92.1 g/mol. The van der Waals surface area contributed by atoms with E-state index in [1.807, 2.05) is 0 Å². The van der Waals surface area contributed by atoms with Gasteiger partial charge in [-0.15, -0.1) is 0 Å². The molecule has 0 heterocycles. The van der Waals surface area contributed by atoms with Crippen LogP contribution in [0.15, 0.2) is 9.98 Å². The van der Waals surface area contributed by atoms with E-state index in [9.17, 15) is 4.79 Å². The van der Waals surface area contributed by atoms with Crippen LogP contribution in [-0.4, -0.2) is 19.0 Å². The van der Waals surface area contributed by atoms with Gasteiger partial charge in [0.15, 0.2) is 0 Å². The summed E-state index contributed by atoms with van der Waals surface area (Å²) in [6.45, 7) is 4.61.